The first kappa shape index (κ1) is 20.7. The fraction of sp³-hybridized carbons (Fsp3) is 0.211. The number of halogens is 6. The Kier molecular flexibility index (Phi) is 5.56. The van der Waals surface area contributed by atoms with Gasteiger partial charge in [0.1, 0.15) is 17.5 Å². The summed E-state index contributed by atoms with van der Waals surface area (Å²) < 4.78 is 78.2. The van der Waals surface area contributed by atoms with Gasteiger partial charge in [-0.3, -0.25) is 4.79 Å². The van der Waals surface area contributed by atoms with Crippen LogP contribution in [0.15, 0.2) is 36.4 Å². The summed E-state index contributed by atoms with van der Waals surface area (Å²) in [4.78, 5) is 14.2. The predicted molar refractivity (Wildman–Crippen MR) is 92.4 cm³/mol. The zero-order valence-corrected chi connectivity index (χ0v) is 14.6. The maximum absolute atomic E-state index is 14.1. The first-order valence-electron chi connectivity index (χ1n) is 8.36. The first-order chi connectivity index (χ1) is 13.6. The SMILES string of the molecule is O=C(NCCc1c(-c2ccc(F)cc2)[nH]c2c(F)cc(F)cc12)C(O)C(F)(F)F. The molecule has 1 atom stereocenters. The predicted octanol–water partition coefficient (Wildman–Crippen LogP) is 3.83. The summed E-state index contributed by atoms with van der Waals surface area (Å²) in [7, 11) is 0. The van der Waals surface area contributed by atoms with E-state index >= 15 is 0 Å². The lowest BCUT2D eigenvalue weighted by Gasteiger charge is -2.14. The van der Waals surface area contributed by atoms with Crippen molar-refractivity contribution < 1.29 is 36.2 Å². The molecule has 0 aliphatic carbocycles. The smallest absolute Gasteiger partial charge is 0.376 e. The summed E-state index contributed by atoms with van der Waals surface area (Å²) >= 11 is 0. The van der Waals surface area contributed by atoms with Crippen molar-refractivity contribution in [3.8, 4) is 11.3 Å². The van der Waals surface area contributed by atoms with E-state index in [0.717, 1.165) is 18.2 Å². The molecule has 2 aromatic carbocycles. The number of rotatable bonds is 5. The van der Waals surface area contributed by atoms with E-state index in [1.54, 1.807) is 0 Å². The molecule has 0 aliphatic rings. The number of amides is 1. The number of fused-ring (bicyclic) bond motifs is 1. The maximum Gasteiger partial charge on any atom is 0.423 e. The Hall–Kier alpha value is -3.01. The van der Waals surface area contributed by atoms with Gasteiger partial charge >= 0.3 is 6.18 Å². The number of aliphatic hydroxyl groups excluding tert-OH is 1. The van der Waals surface area contributed by atoms with E-state index in [-0.39, 0.29) is 23.9 Å². The third kappa shape index (κ3) is 4.37. The number of aromatic nitrogens is 1. The normalized spacial score (nSPS) is 12.9. The molecule has 3 rings (SSSR count). The summed E-state index contributed by atoms with van der Waals surface area (Å²) in [6.07, 6.45) is -8.40. The van der Waals surface area contributed by atoms with Gasteiger partial charge in [-0.2, -0.15) is 13.2 Å². The van der Waals surface area contributed by atoms with Crippen molar-refractivity contribution >= 4 is 16.8 Å². The highest BCUT2D eigenvalue weighted by Gasteiger charge is 2.43. The van der Waals surface area contributed by atoms with Crippen molar-refractivity contribution in [2.75, 3.05) is 6.54 Å². The molecule has 0 saturated heterocycles. The lowest BCUT2D eigenvalue weighted by atomic mass is 10.0. The lowest BCUT2D eigenvalue weighted by molar-refractivity contribution is -0.205. The largest absolute Gasteiger partial charge is 0.423 e. The summed E-state index contributed by atoms with van der Waals surface area (Å²) in [6, 6.07) is 6.81. The fourth-order valence-electron chi connectivity index (χ4n) is 2.95. The van der Waals surface area contributed by atoms with Crippen LogP contribution in [0, 0.1) is 17.5 Å². The van der Waals surface area contributed by atoms with Crippen LogP contribution in [0.1, 0.15) is 5.56 Å². The number of alkyl halides is 3. The van der Waals surface area contributed by atoms with Crippen molar-refractivity contribution in [3.63, 3.8) is 0 Å². The highest BCUT2D eigenvalue weighted by molar-refractivity contribution is 5.91. The quantitative estimate of drug-likeness (QED) is 0.554. The van der Waals surface area contributed by atoms with Gasteiger partial charge in [-0.15, -0.1) is 0 Å². The van der Waals surface area contributed by atoms with Crippen molar-refractivity contribution in [1.29, 1.82) is 0 Å². The second-order valence-corrected chi connectivity index (χ2v) is 6.28. The summed E-state index contributed by atoms with van der Waals surface area (Å²) in [5, 5.41) is 11.0. The molecule has 29 heavy (non-hydrogen) atoms. The molecule has 1 amide bonds. The number of nitrogens with one attached hydrogen (secondary N) is 2. The molecule has 1 heterocycles. The molecule has 0 aliphatic heterocycles. The van der Waals surface area contributed by atoms with Crippen LogP contribution in [-0.2, 0) is 11.2 Å². The molecule has 0 radical (unpaired) electrons. The molecule has 0 spiro atoms. The van der Waals surface area contributed by atoms with Crippen LogP contribution in [0.3, 0.4) is 0 Å². The third-order valence-electron chi connectivity index (χ3n) is 4.30. The van der Waals surface area contributed by atoms with Crippen molar-refractivity contribution in [1.82, 2.24) is 10.3 Å². The molecule has 3 N–H and O–H groups in total. The zero-order chi connectivity index (χ0) is 21.3. The number of carbonyl (C=O) groups is 1. The number of aliphatic hydroxyl groups is 1. The second kappa shape index (κ2) is 7.78. The van der Waals surface area contributed by atoms with Crippen molar-refractivity contribution in [2.45, 2.75) is 18.7 Å². The second-order valence-electron chi connectivity index (χ2n) is 6.28. The molecule has 0 bridgehead atoms. The Bertz CT molecular complexity index is 1040. The van der Waals surface area contributed by atoms with Gasteiger partial charge in [0.05, 0.1) is 5.52 Å². The van der Waals surface area contributed by atoms with E-state index in [2.05, 4.69) is 4.98 Å². The molecule has 0 fully saturated rings. The highest BCUT2D eigenvalue weighted by Crippen LogP contribution is 2.32. The number of aromatic amines is 1. The van der Waals surface area contributed by atoms with Gasteiger partial charge < -0.3 is 15.4 Å². The van der Waals surface area contributed by atoms with Crippen LogP contribution in [-0.4, -0.2) is 34.8 Å². The fourth-order valence-corrected chi connectivity index (χ4v) is 2.95. The lowest BCUT2D eigenvalue weighted by Crippen LogP contribution is -2.44. The molecular weight excluding hydrogens is 402 g/mol. The standard InChI is InChI=1S/C19H14F6N2O2/c20-10-3-1-9(2-4-10)15-12(5-6-26-18(29)17(28)19(23,24)25)13-7-11(21)8-14(22)16(13)27-15/h1-4,7-8,17,27-28H,5-6H2,(H,26,29). The van der Waals surface area contributed by atoms with Crippen LogP contribution >= 0.6 is 0 Å². The Balaban J connectivity index is 1.94. The zero-order valence-electron chi connectivity index (χ0n) is 14.6. The number of carbonyl (C=O) groups excluding carboxylic acids is 1. The van der Waals surface area contributed by atoms with Crippen LogP contribution < -0.4 is 5.32 Å². The number of hydrogen-bond acceptors (Lipinski definition) is 2. The van der Waals surface area contributed by atoms with Gasteiger partial charge in [0.25, 0.3) is 5.91 Å². The number of benzene rings is 2. The Morgan fingerprint density at radius 2 is 1.72 bits per heavy atom. The molecular formula is C19H14F6N2O2. The van der Waals surface area contributed by atoms with Gasteiger partial charge in [0.2, 0.25) is 6.10 Å². The van der Waals surface area contributed by atoms with Gasteiger partial charge in [-0.1, -0.05) is 0 Å². The molecule has 3 aromatic rings. The van der Waals surface area contributed by atoms with Gasteiger partial charge in [0.15, 0.2) is 0 Å². The van der Waals surface area contributed by atoms with Crippen molar-refractivity contribution in [3.05, 3.63) is 59.4 Å². The van der Waals surface area contributed by atoms with E-state index in [1.165, 1.54) is 12.1 Å². The highest BCUT2D eigenvalue weighted by atomic mass is 19.4. The maximum atomic E-state index is 14.1. The Morgan fingerprint density at radius 1 is 1.07 bits per heavy atom. The molecule has 1 unspecified atom stereocenters. The van der Waals surface area contributed by atoms with Crippen LogP contribution in [0.2, 0.25) is 0 Å². The van der Waals surface area contributed by atoms with Gasteiger partial charge in [0, 0.05) is 23.7 Å². The topological polar surface area (TPSA) is 65.1 Å². The average Bonchev–Trinajstić information content (AvgIpc) is 2.99. The minimum Gasteiger partial charge on any atom is -0.376 e. The van der Waals surface area contributed by atoms with Crippen LogP contribution in [0.25, 0.3) is 22.2 Å². The van der Waals surface area contributed by atoms with E-state index in [9.17, 15) is 31.1 Å². The summed E-state index contributed by atoms with van der Waals surface area (Å²) in [6.45, 7) is -0.342. The van der Waals surface area contributed by atoms with E-state index in [1.807, 2.05) is 5.32 Å². The first-order valence-corrected chi connectivity index (χ1v) is 8.36. The minimum absolute atomic E-state index is 0.0395. The minimum atomic E-state index is -5.11. The summed E-state index contributed by atoms with van der Waals surface area (Å²) in [5.74, 6) is -3.90. The number of H-pyrrole nitrogens is 1. The monoisotopic (exact) mass is 416 g/mol. The molecule has 10 heteroatoms. The summed E-state index contributed by atoms with van der Waals surface area (Å²) in [5.41, 5.74) is 1.00. The average molecular weight is 416 g/mol. The molecule has 154 valence electrons. The van der Waals surface area contributed by atoms with Gasteiger partial charge in [-0.05, 0) is 47.9 Å². The van der Waals surface area contributed by atoms with Crippen LogP contribution in [0.4, 0.5) is 26.3 Å². The van der Waals surface area contributed by atoms with Gasteiger partial charge in [-0.25, -0.2) is 13.2 Å². The Labute approximate surface area is 160 Å². The van der Waals surface area contributed by atoms with E-state index in [0.29, 0.717) is 22.9 Å². The third-order valence-corrected chi connectivity index (χ3v) is 4.30. The van der Waals surface area contributed by atoms with Crippen LogP contribution in [0.5, 0.6) is 0 Å². The molecule has 4 nitrogen and oxygen atoms in total. The molecule has 1 aromatic heterocycles. The van der Waals surface area contributed by atoms with E-state index in [4.69, 9.17) is 5.11 Å². The van der Waals surface area contributed by atoms with E-state index < -0.39 is 35.6 Å². The van der Waals surface area contributed by atoms with Crippen molar-refractivity contribution in [2.24, 2.45) is 0 Å². The number of hydrogen-bond donors (Lipinski definition) is 3. The molecule has 0 saturated carbocycles. The Morgan fingerprint density at radius 3 is 2.34 bits per heavy atom.